The number of carbonyl (C=O) groups is 1. The first-order valence-electron chi connectivity index (χ1n) is 7.48. The second-order valence-electron chi connectivity index (χ2n) is 6.12. The van der Waals surface area contributed by atoms with Crippen LogP contribution in [0.1, 0.15) is 54.4 Å². The first kappa shape index (κ1) is 14.7. The molecule has 0 aromatic carbocycles. The van der Waals surface area contributed by atoms with Gasteiger partial charge in [-0.15, -0.1) is 0 Å². The van der Waals surface area contributed by atoms with E-state index in [0.717, 1.165) is 17.1 Å². The van der Waals surface area contributed by atoms with Gasteiger partial charge in [0.1, 0.15) is 5.76 Å². The Morgan fingerprint density at radius 3 is 2.55 bits per heavy atom. The average Bonchev–Trinajstić information content (AvgIpc) is 3.00. The van der Waals surface area contributed by atoms with Crippen molar-refractivity contribution in [2.24, 2.45) is 0 Å². The molecule has 7 heteroatoms. The van der Waals surface area contributed by atoms with Gasteiger partial charge in [-0.2, -0.15) is 4.98 Å². The second-order valence-corrected chi connectivity index (χ2v) is 6.12. The van der Waals surface area contributed by atoms with Gasteiger partial charge in [-0.3, -0.25) is 4.79 Å². The molecule has 3 rings (SSSR count). The largest absolute Gasteiger partial charge is 0.361 e. The van der Waals surface area contributed by atoms with Crippen molar-refractivity contribution in [2.45, 2.75) is 46.0 Å². The molecule has 0 N–H and O–H groups in total. The molecule has 1 amide bonds. The molecule has 3 heterocycles. The van der Waals surface area contributed by atoms with Crippen LogP contribution in [0, 0.1) is 13.8 Å². The predicted octanol–water partition coefficient (Wildman–Crippen LogP) is 1.97. The van der Waals surface area contributed by atoms with E-state index < -0.39 is 0 Å². The van der Waals surface area contributed by atoms with E-state index in [1.54, 1.807) is 4.90 Å². The molecule has 0 saturated carbocycles. The summed E-state index contributed by atoms with van der Waals surface area (Å²) < 4.78 is 10.4. The fourth-order valence-electron chi connectivity index (χ4n) is 2.50. The maximum absolute atomic E-state index is 12.3. The molecular weight excluding hydrogens is 284 g/mol. The lowest BCUT2D eigenvalue weighted by Crippen LogP contribution is -2.49. The summed E-state index contributed by atoms with van der Waals surface area (Å²) in [6.07, 6.45) is 0.328. The predicted molar refractivity (Wildman–Crippen MR) is 77.4 cm³/mol. The maximum Gasteiger partial charge on any atom is 0.233 e. The van der Waals surface area contributed by atoms with Gasteiger partial charge in [0.2, 0.25) is 11.8 Å². The Morgan fingerprint density at radius 2 is 2.00 bits per heavy atom. The van der Waals surface area contributed by atoms with Gasteiger partial charge in [-0.05, 0) is 13.8 Å². The number of aromatic nitrogens is 3. The van der Waals surface area contributed by atoms with Gasteiger partial charge in [0.05, 0.1) is 18.0 Å². The Bertz CT molecular complexity index is 663. The maximum atomic E-state index is 12.3. The Balaban J connectivity index is 1.57. The topological polar surface area (TPSA) is 85.3 Å². The number of amides is 1. The number of rotatable bonds is 4. The number of hydrogen-bond acceptors (Lipinski definition) is 6. The number of hydrogen-bond donors (Lipinski definition) is 0. The summed E-state index contributed by atoms with van der Waals surface area (Å²) in [4.78, 5) is 18.5. The zero-order valence-electron chi connectivity index (χ0n) is 13.3. The van der Waals surface area contributed by atoms with E-state index in [4.69, 9.17) is 9.05 Å². The van der Waals surface area contributed by atoms with Crippen molar-refractivity contribution in [2.75, 3.05) is 13.1 Å². The summed E-state index contributed by atoms with van der Waals surface area (Å²) in [7, 11) is 0. The van der Waals surface area contributed by atoms with Gasteiger partial charge >= 0.3 is 0 Å². The van der Waals surface area contributed by atoms with Gasteiger partial charge in [0.15, 0.2) is 5.82 Å². The first-order valence-corrected chi connectivity index (χ1v) is 7.48. The number of aryl methyl sites for hydroxylation is 2. The van der Waals surface area contributed by atoms with Crippen molar-refractivity contribution in [1.29, 1.82) is 0 Å². The standard InChI is InChI=1S/C15H20N4O3/c1-8(2)14-16-15(22-18-14)11-6-19(7-11)13(20)5-12-9(3)17-21-10(12)4/h8,11H,5-7H2,1-4H3. The van der Waals surface area contributed by atoms with Crippen LogP contribution in [0.15, 0.2) is 9.05 Å². The van der Waals surface area contributed by atoms with Crippen LogP contribution in [0.25, 0.3) is 0 Å². The molecule has 0 unspecified atom stereocenters. The summed E-state index contributed by atoms with van der Waals surface area (Å²) in [6.45, 7) is 8.98. The minimum absolute atomic E-state index is 0.0780. The third kappa shape index (κ3) is 2.63. The fourth-order valence-corrected chi connectivity index (χ4v) is 2.50. The van der Waals surface area contributed by atoms with Gasteiger partial charge in [-0.25, -0.2) is 0 Å². The van der Waals surface area contributed by atoms with E-state index >= 15 is 0 Å². The minimum Gasteiger partial charge on any atom is -0.361 e. The third-order valence-electron chi connectivity index (χ3n) is 4.07. The molecule has 22 heavy (non-hydrogen) atoms. The highest BCUT2D eigenvalue weighted by molar-refractivity contribution is 5.80. The monoisotopic (exact) mass is 304 g/mol. The lowest BCUT2D eigenvalue weighted by molar-refractivity contribution is -0.135. The molecule has 2 aromatic heterocycles. The summed E-state index contributed by atoms with van der Waals surface area (Å²) in [5, 5.41) is 7.84. The molecule has 0 bridgehead atoms. The molecule has 0 spiro atoms. The Labute approximate surface area is 128 Å². The second kappa shape index (κ2) is 5.55. The molecule has 118 valence electrons. The van der Waals surface area contributed by atoms with E-state index in [9.17, 15) is 4.79 Å². The van der Waals surface area contributed by atoms with Crippen molar-refractivity contribution < 1.29 is 13.8 Å². The lowest BCUT2D eigenvalue weighted by atomic mass is 9.98. The molecule has 1 fully saturated rings. The normalized spacial score (nSPS) is 15.4. The van der Waals surface area contributed by atoms with Crippen LogP contribution in [0.3, 0.4) is 0 Å². The summed E-state index contributed by atoms with van der Waals surface area (Å²) in [5.41, 5.74) is 1.66. The molecule has 1 aliphatic rings. The van der Waals surface area contributed by atoms with Crippen LogP contribution < -0.4 is 0 Å². The highest BCUT2D eigenvalue weighted by atomic mass is 16.5. The summed E-state index contributed by atoms with van der Waals surface area (Å²) in [5.74, 6) is 2.53. The van der Waals surface area contributed by atoms with Crippen LogP contribution >= 0.6 is 0 Å². The molecule has 7 nitrogen and oxygen atoms in total. The average molecular weight is 304 g/mol. The van der Waals surface area contributed by atoms with Crippen LogP contribution in [-0.4, -0.2) is 39.2 Å². The summed E-state index contributed by atoms with van der Waals surface area (Å²) >= 11 is 0. The fraction of sp³-hybridized carbons (Fsp3) is 0.600. The van der Waals surface area contributed by atoms with E-state index in [-0.39, 0.29) is 17.7 Å². The smallest absolute Gasteiger partial charge is 0.233 e. The lowest BCUT2D eigenvalue weighted by Gasteiger charge is -2.37. The molecule has 0 aliphatic carbocycles. The van der Waals surface area contributed by atoms with E-state index in [1.165, 1.54) is 0 Å². The van der Waals surface area contributed by atoms with Crippen LogP contribution in [0.5, 0.6) is 0 Å². The minimum atomic E-state index is 0.0780. The third-order valence-corrected chi connectivity index (χ3v) is 4.07. The molecule has 2 aromatic rings. The zero-order valence-corrected chi connectivity index (χ0v) is 13.3. The van der Waals surface area contributed by atoms with Gasteiger partial charge in [0.25, 0.3) is 0 Å². The Hall–Kier alpha value is -2.18. The van der Waals surface area contributed by atoms with Crippen LogP contribution in [0.2, 0.25) is 0 Å². The highest BCUT2D eigenvalue weighted by Gasteiger charge is 2.36. The SMILES string of the molecule is Cc1noc(C)c1CC(=O)N1CC(c2nc(C(C)C)no2)C1. The van der Waals surface area contributed by atoms with Gasteiger partial charge < -0.3 is 13.9 Å². The molecule has 0 atom stereocenters. The Morgan fingerprint density at radius 1 is 1.27 bits per heavy atom. The zero-order chi connectivity index (χ0) is 15.9. The van der Waals surface area contributed by atoms with E-state index in [1.807, 2.05) is 27.7 Å². The number of carbonyl (C=O) groups excluding carboxylic acids is 1. The van der Waals surface area contributed by atoms with Crippen LogP contribution in [-0.2, 0) is 11.2 Å². The van der Waals surface area contributed by atoms with Crippen LogP contribution in [0.4, 0.5) is 0 Å². The first-order chi connectivity index (χ1) is 10.5. The van der Waals surface area contributed by atoms with Crippen molar-refractivity contribution >= 4 is 5.91 Å². The van der Waals surface area contributed by atoms with Gasteiger partial charge in [-0.1, -0.05) is 24.2 Å². The van der Waals surface area contributed by atoms with Crippen molar-refractivity contribution in [3.8, 4) is 0 Å². The molecule has 0 radical (unpaired) electrons. The highest BCUT2D eigenvalue weighted by Crippen LogP contribution is 2.27. The molecule has 1 saturated heterocycles. The van der Waals surface area contributed by atoms with Crippen molar-refractivity contribution in [1.82, 2.24) is 20.2 Å². The number of likely N-dealkylation sites (tertiary alicyclic amines) is 1. The van der Waals surface area contributed by atoms with Gasteiger partial charge in [0, 0.05) is 24.6 Å². The number of nitrogens with zero attached hydrogens (tertiary/aromatic N) is 4. The molecule has 1 aliphatic heterocycles. The van der Waals surface area contributed by atoms with E-state index in [0.29, 0.717) is 31.2 Å². The Kier molecular flexibility index (Phi) is 3.72. The summed E-state index contributed by atoms with van der Waals surface area (Å²) in [6, 6.07) is 0. The quantitative estimate of drug-likeness (QED) is 0.858. The van der Waals surface area contributed by atoms with E-state index in [2.05, 4.69) is 15.3 Å². The molecular formula is C15H20N4O3. The van der Waals surface area contributed by atoms with Crippen molar-refractivity contribution in [3.63, 3.8) is 0 Å². The van der Waals surface area contributed by atoms with Crippen molar-refractivity contribution in [3.05, 3.63) is 28.7 Å².